The zero-order valence-electron chi connectivity index (χ0n) is 11.1. The number of anilines is 2. The molecule has 0 aliphatic heterocycles. The van der Waals surface area contributed by atoms with Crippen LogP contribution in [-0.4, -0.2) is 14.2 Å². The molecule has 0 aliphatic carbocycles. The molecule has 2 N–H and O–H groups in total. The van der Waals surface area contributed by atoms with Crippen LogP contribution in [0.25, 0.3) is 0 Å². The number of nitrogens with zero attached hydrogens (tertiary/aromatic N) is 1. The molecule has 0 bridgehead atoms. The molecule has 0 aromatic heterocycles. The summed E-state index contributed by atoms with van der Waals surface area (Å²) in [5.74, 6) is 0.434. The number of ether oxygens (including phenoxy) is 1. The van der Waals surface area contributed by atoms with Crippen molar-refractivity contribution in [2.75, 3.05) is 24.8 Å². The maximum absolute atomic E-state index is 12.8. The number of methoxy groups -OCH3 is 1. The van der Waals surface area contributed by atoms with E-state index in [1.165, 1.54) is 12.1 Å². The van der Waals surface area contributed by atoms with Gasteiger partial charge in [0.05, 0.1) is 12.8 Å². The van der Waals surface area contributed by atoms with Gasteiger partial charge >= 0.3 is 0 Å². The maximum Gasteiger partial charge on any atom is 0.143 e. The van der Waals surface area contributed by atoms with Crippen molar-refractivity contribution in [2.24, 2.45) is 0 Å². The molecule has 3 nitrogen and oxygen atoms in total. The van der Waals surface area contributed by atoms with E-state index in [2.05, 4.69) is 4.90 Å². The van der Waals surface area contributed by atoms with Gasteiger partial charge in [0.2, 0.25) is 0 Å². The second-order valence-electron chi connectivity index (χ2n) is 4.41. The number of hydrogen-bond acceptors (Lipinski definition) is 3. The van der Waals surface area contributed by atoms with Crippen LogP contribution in [0.5, 0.6) is 5.75 Å². The van der Waals surface area contributed by atoms with Crippen molar-refractivity contribution in [2.45, 2.75) is 6.54 Å². The third-order valence-corrected chi connectivity index (χ3v) is 2.99. The van der Waals surface area contributed by atoms with E-state index in [1.54, 1.807) is 19.2 Å². The van der Waals surface area contributed by atoms with E-state index in [9.17, 15) is 4.39 Å². The van der Waals surface area contributed by atoms with E-state index in [-0.39, 0.29) is 5.82 Å². The van der Waals surface area contributed by atoms with Gasteiger partial charge in [-0.2, -0.15) is 0 Å². The van der Waals surface area contributed by atoms with Crippen LogP contribution in [0, 0.1) is 5.82 Å². The van der Waals surface area contributed by atoms with Crippen molar-refractivity contribution in [3.05, 3.63) is 53.8 Å². The van der Waals surface area contributed by atoms with E-state index in [4.69, 9.17) is 10.5 Å². The first-order valence-electron chi connectivity index (χ1n) is 5.99. The monoisotopic (exact) mass is 260 g/mol. The second-order valence-corrected chi connectivity index (χ2v) is 4.41. The van der Waals surface area contributed by atoms with Crippen molar-refractivity contribution < 1.29 is 9.13 Å². The minimum atomic E-state index is -0.222. The standard InChI is InChI=1S/C15H17FN2O/c1-18(10-11-3-5-12(16)6-4-11)13-7-8-14(17)15(9-13)19-2/h3-9H,10,17H2,1-2H3. The number of hydrogen-bond donors (Lipinski definition) is 1. The average molecular weight is 260 g/mol. The molecule has 2 aromatic rings. The normalized spacial score (nSPS) is 10.3. The van der Waals surface area contributed by atoms with Gasteiger partial charge in [-0.3, -0.25) is 0 Å². The summed E-state index contributed by atoms with van der Waals surface area (Å²) in [6.45, 7) is 0.688. The molecule has 100 valence electrons. The summed E-state index contributed by atoms with van der Waals surface area (Å²) in [4.78, 5) is 2.05. The number of halogens is 1. The largest absolute Gasteiger partial charge is 0.495 e. The molecule has 0 amide bonds. The van der Waals surface area contributed by atoms with Gasteiger partial charge in [0.25, 0.3) is 0 Å². The Hall–Kier alpha value is -2.23. The Morgan fingerprint density at radius 1 is 1.16 bits per heavy atom. The molecule has 0 spiro atoms. The van der Waals surface area contributed by atoms with Gasteiger partial charge in [-0.25, -0.2) is 4.39 Å². The molecule has 0 atom stereocenters. The molecule has 2 rings (SSSR count). The SMILES string of the molecule is COc1cc(N(C)Cc2ccc(F)cc2)ccc1N. The average Bonchev–Trinajstić information content (AvgIpc) is 2.42. The summed E-state index contributed by atoms with van der Waals surface area (Å²) >= 11 is 0. The first-order valence-corrected chi connectivity index (χ1v) is 5.99. The van der Waals surface area contributed by atoms with Crippen LogP contribution in [0.3, 0.4) is 0 Å². The van der Waals surface area contributed by atoms with Gasteiger partial charge in [0.1, 0.15) is 11.6 Å². The predicted molar refractivity (Wildman–Crippen MR) is 75.9 cm³/mol. The lowest BCUT2D eigenvalue weighted by Crippen LogP contribution is -2.16. The lowest BCUT2D eigenvalue weighted by molar-refractivity contribution is 0.417. The van der Waals surface area contributed by atoms with Crippen molar-refractivity contribution >= 4 is 11.4 Å². The van der Waals surface area contributed by atoms with Crippen molar-refractivity contribution in [1.29, 1.82) is 0 Å². The molecule has 0 saturated carbocycles. The van der Waals surface area contributed by atoms with E-state index in [0.29, 0.717) is 18.0 Å². The molecule has 0 unspecified atom stereocenters. The summed E-state index contributed by atoms with van der Waals surface area (Å²) in [7, 11) is 3.56. The van der Waals surface area contributed by atoms with Crippen LogP contribution in [0.15, 0.2) is 42.5 Å². The van der Waals surface area contributed by atoms with Gasteiger partial charge < -0.3 is 15.4 Å². The van der Waals surface area contributed by atoms with Gasteiger partial charge in [-0.15, -0.1) is 0 Å². The fourth-order valence-electron chi connectivity index (χ4n) is 1.89. The summed E-state index contributed by atoms with van der Waals surface area (Å²) in [6.07, 6.45) is 0. The molecule has 0 aliphatic rings. The Balaban J connectivity index is 2.15. The third kappa shape index (κ3) is 3.16. The topological polar surface area (TPSA) is 38.5 Å². The smallest absolute Gasteiger partial charge is 0.143 e. The summed E-state index contributed by atoms with van der Waals surface area (Å²) in [6, 6.07) is 12.1. The minimum absolute atomic E-state index is 0.222. The summed E-state index contributed by atoms with van der Waals surface area (Å²) < 4.78 is 18.0. The Kier molecular flexibility index (Phi) is 3.90. The fourth-order valence-corrected chi connectivity index (χ4v) is 1.89. The molecule has 0 fully saturated rings. The highest BCUT2D eigenvalue weighted by Crippen LogP contribution is 2.27. The van der Waals surface area contributed by atoms with Crippen LogP contribution in [0.4, 0.5) is 15.8 Å². The first kappa shape index (κ1) is 13.2. The van der Waals surface area contributed by atoms with Crippen LogP contribution >= 0.6 is 0 Å². The molecule has 2 aromatic carbocycles. The number of nitrogen functional groups attached to an aromatic ring is 1. The zero-order chi connectivity index (χ0) is 13.8. The van der Waals surface area contributed by atoms with Crippen molar-refractivity contribution in [3.8, 4) is 5.75 Å². The lowest BCUT2D eigenvalue weighted by Gasteiger charge is -2.20. The fraction of sp³-hybridized carbons (Fsp3) is 0.200. The van der Waals surface area contributed by atoms with Gasteiger partial charge in [-0.1, -0.05) is 12.1 Å². The Morgan fingerprint density at radius 3 is 2.47 bits per heavy atom. The number of benzene rings is 2. The molecule has 0 heterocycles. The molecular formula is C15H17FN2O. The highest BCUT2D eigenvalue weighted by molar-refractivity contribution is 5.62. The zero-order valence-corrected chi connectivity index (χ0v) is 11.1. The van der Waals surface area contributed by atoms with Crippen molar-refractivity contribution in [3.63, 3.8) is 0 Å². The lowest BCUT2D eigenvalue weighted by atomic mass is 10.2. The van der Waals surface area contributed by atoms with Crippen LogP contribution in [0.1, 0.15) is 5.56 Å². The quantitative estimate of drug-likeness (QED) is 0.859. The van der Waals surface area contributed by atoms with E-state index < -0.39 is 0 Å². The van der Waals surface area contributed by atoms with Gasteiger partial charge in [-0.05, 0) is 29.8 Å². The highest BCUT2D eigenvalue weighted by atomic mass is 19.1. The Labute approximate surface area is 112 Å². The van der Waals surface area contributed by atoms with Crippen LogP contribution in [0.2, 0.25) is 0 Å². The molecular weight excluding hydrogens is 243 g/mol. The molecule has 0 radical (unpaired) electrons. The number of nitrogens with two attached hydrogens (primary N) is 1. The van der Waals surface area contributed by atoms with Gasteiger partial charge in [0.15, 0.2) is 0 Å². The van der Waals surface area contributed by atoms with E-state index in [1.807, 2.05) is 25.2 Å². The molecule has 0 saturated heterocycles. The van der Waals surface area contributed by atoms with E-state index in [0.717, 1.165) is 11.3 Å². The van der Waals surface area contributed by atoms with Crippen molar-refractivity contribution in [1.82, 2.24) is 0 Å². The Morgan fingerprint density at radius 2 is 1.84 bits per heavy atom. The predicted octanol–water partition coefficient (Wildman–Crippen LogP) is 3.05. The minimum Gasteiger partial charge on any atom is -0.495 e. The Bertz CT molecular complexity index is 555. The first-order chi connectivity index (χ1) is 9.10. The highest BCUT2D eigenvalue weighted by Gasteiger charge is 2.06. The number of rotatable bonds is 4. The second kappa shape index (κ2) is 5.61. The van der Waals surface area contributed by atoms with Crippen LogP contribution in [-0.2, 0) is 6.54 Å². The molecule has 4 heteroatoms. The maximum atomic E-state index is 12.8. The molecule has 19 heavy (non-hydrogen) atoms. The van der Waals surface area contributed by atoms with Crippen LogP contribution < -0.4 is 15.4 Å². The van der Waals surface area contributed by atoms with Gasteiger partial charge in [0, 0.05) is 25.3 Å². The summed E-state index contributed by atoms with van der Waals surface area (Å²) in [5.41, 5.74) is 8.43. The van der Waals surface area contributed by atoms with E-state index >= 15 is 0 Å². The third-order valence-electron chi connectivity index (χ3n) is 2.99. The summed E-state index contributed by atoms with van der Waals surface area (Å²) in [5, 5.41) is 0.